The predicted molar refractivity (Wildman–Crippen MR) is 127 cm³/mol. The molecule has 8 heteroatoms. The van der Waals surface area contributed by atoms with Gasteiger partial charge in [-0.3, -0.25) is 4.79 Å². The van der Waals surface area contributed by atoms with Crippen LogP contribution in [-0.2, 0) is 19.4 Å². The smallest absolute Gasteiger partial charge is 0.319 e. The third-order valence-corrected chi connectivity index (χ3v) is 7.27. The lowest BCUT2D eigenvalue weighted by molar-refractivity contribution is -0.141. The van der Waals surface area contributed by atoms with E-state index in [1.54, 1.807) is 72.3 Å². The van der Waals surface area contributed by atoms with E-state index in [1.165, 1.54) is 25.6 Å². The number of ether oxygens (including phenoxy) is 2. The lowest BCUT2D eigenvalue weighted by Crippen LogP contribution is -2.21. The van der Waals surface area contributed by atoms with Crippen LogP contribution < -0.4 is 4.74 Å². The normalized spacial score (nSPS) is 12.2. The molecule has 0 amide bonds. The Morgan fingerprint density at radius 2 is 1.56 bits per heavy atom. The minimum absolute atomic E-state index is 0.0935. The van der Waals surface area contributed by atoms with Gasteiger partial charge in [0, 0.05) is 5.69 Å². The first kappa shape index (κ1) is 23.3. The van der Waals surface area contributed by atoms with E-state index in [1.807, 2.05) is 13.0 Å². The van der Waals surface area contributed by atoms with Crippen molar-refractivity contribution >= 4 is 15.8 Å². The van der Waals surface area contributed by atoms with Gasteiger partial charge in [0.05, 0.1) is 24.8 Å². The van der Waals surface area contributed by atoms with Gasteiger partial charge in [0.15, 0.2) is 5.03 Å². The highest BCUT2D eigenvalue weighted by molar-refractivity contribution is 7.91. The average molecular weight is 477 g/mol. The molecule has 174 valence electrons. The number of carbonyl (C=O) groups is 1. The van der Waals surface area contributed by atoms with Crippen LogP contribution in [0.4, 0.5) is 0 Å². The second-order valence-corrected chi connectivity index (χ2v) is 9.55. The summed E-state index contributed by atoms with van der Waals surface area (Å²) in [5.41, 5.74) is 2.34. The van der Waals surface area contributed by atoms with Gasteiger partial charge in [0.2, 0.25) is 9.84 Å². The topological polar surface area (TPSA) is 87.5 Å². The fourth-order valence-electron chi connectivity index (χ4n) is 3.76. The number of imidazole rings is 1. The number of aryl methyl sites for hydroxylation is 1. The maximum Gasteiger partial charge on any atom is 0.319 e. The van der Waals surface area contributed by atoms with Gasteiger partial charge in [-0.05, 0) is 48.9 Å². The average Bonchev–Trinajstić information content (AvgIpc) is 3.30. The van der Waals surface area contributed by atoms with Crippen LogP contribution in [0.2, 0.25) is 0 Å². The monoisotopic (exact) mass is 476 g/mol. The molecule has 1 unspecified atom stereocenters. The van der Waals surface area contributed by atoms with Crippen molar-refractivity contribution in [3.63, 3.8) is 0 Å². The fourth-order valence-corrected chi connectivity index (χ4v) is 5.15. The van der Waals surface area contributed by atoms with Crippen molar-refractivity contribution in [2.75, 3.05) is 14.2 Å². The molecule has 0 aliphatic heterocycles. The van der Waals surface area contributed by atoms with Crippen LogP contribution in [0, 0.1) is 6.92 Å². The minimum Gasteiger partial charge on any atom is -0.497 e. The highest BCUT2D eigenvalue weighted by Crippen LogP contribution is 2.35. The van der Waals surface area contributed by atoms with Crippen LogP contribution in [0.15, 0.2) is 95.1 Å². The Morgan fingerprint density at radius 1 is 0.912 bits per heavy atom. The number of rotatable bonds is 7. The van der Waals surface area contributed by atoms with E-state index in [9.17, 15) is 13.2 Å². The molecule has 34 heavy (non-hydrogen) atoms. The Bertz CT molecular complexity index is 1390. The zero-order valence-electron chi connectivity index (χ0n) is 19.0. The van der Waals surface area contributed by atoms with Crippen molar-refractivity contribution in [1.82, 2.24) is 9.55 Å². The zero-order chi connectivity index (χ0) is 24.3. The van der Waals surface area contributed by atoms with Gasteiger partial charge in [-0.1, -0.05) is 48.0 Å². The second-order valence-electron chi connectivity index (χ2n) is 7.69. The maximum atomic E-state index is 13.7. The molecule has 0 fully saturated rings. The predicted octanol–water partition coefficient (Wildman–Crippen LogP) is 4.33. The number of aromatic nitrogens is 2. The van der Waals surface area contributed by atoms with E-state index in [4.69, 9.17) is 9.47 Å². The molecule has 3 aromatic carbocycles. The van der Waals surface area contributed by atoms with Gasteiger partial charge in [-0.25, -0.2) is 13.4 Å². The molecule has 0 radical (unpaired) electrons. The van der Waals surface area contributed by atoms with Crippen molar-refractivity contribution < 1.29 is 22.7 Å². The molecule has 0 spiro atoms. The Kier molecular flexibility index (Phi) is 6.51. The molecule has 4 rings (SSSR count). The second kappa shape index (κ2) is 9.52. The quantitative estimate of drug-likeness (QED) is 0.369. The molecule has 4 aromatic rings. The first-order valence-electron chi connectivity index (χ1n) is 10.5. The van der Waals surface area contributed by atoms with E-state index in [2.05, 4.69) is 4.98 Å². The molecular weight excluding hydrogens is 452 g/mol. The van der Waals surface area contributed by atoms with Gasteiger partial charge in [-0.15, -0.1) is 0 Å². The number of benzene rings is 3. The number of sulfone groups is 1. The summed E-state index contributed by atoms with van der Waals surface area (Å²) in [4.78, 5) is 17.5. The third kappa shape index (κ3) is 4.32. The summed E-state index contributed by atoms with van der Waals surface area (Å²) < 4.78 is 39.4. The first-order chi connectivity index (χ1) is 16.4. The van der Waals surface area contributed by atoms with E-state index < -0.39 is 21.7 Å². The summed E-state index contributed by atoms with van der Waals surface area (Å²) in [6.45, 7) is 1.88. The molecule has 0 saturated carbocycles. The van der Waals surface area contributed by atoms with Crippen molar-refractivity contribution in [3.8, 4) is 11.4 Å². The van der Waals surface area contributed by atoms with Crippen LogP contribution in [0.3, 0.4) is 0 Å². The lowest BCUT2D eigenvalue weighted by atomic mass is 9.96. The van der Waals surface area contributed by atoms with E-state index in [0.29, 0.717) is 17.0 Å². The summed E-state index contributed by atoms with van der Waals surface area (Å²) in [7, 11) is -1.21. The van der Waals surface area contributed by atoms with E-state index in [-0.39, 0.29) is 15.6 Å². The van der Waals surface area contributed by atoms with Crippen molar-refractivity contribution in [2.45, 2.75) is 22.8 Å². The summed E-state index contributed by atoms with van der Waals surface area (Å²) in [6.07, 6.45) is 1.41. The highest BCUT2D eigenvalue weighted by Gasteiger charge is 2.36. The molecule has 0 N–H and O–H groups in total. The minimum atomic E-state index is -4.05. The molecule has 0 bridgehead atoms. The molecular formula is C26H24N2O5S. The molecule has 0 saturated heterocycles. The summed E-state index contributed by atoms with van der Waals surface area (Å²) in [5, 5.41) is -0.202. The molecule has 1 atom stereocenters. The summed E-state index contributed by atoms with van der Waals surface area (Å²) in [5.74, 6) is -0.974. The third-order valence-electron chi connectivity index (χ3n) is 5.55. The van der Waals surface area contributed by atoms with Crippen LogP contribution >= 0.6 is 0 Å². The number of methoxy groups -OCH3 is 2. The molecule has 7 nitrogen and oxygen atoms in total. The Labute approximate surface area is 198 Å². The maximum absolute atomic E-state index is 13.7. The number of nitrogens with zero attached hydrogens (tertiary/aromatic N) is 2. The largest absolute Gasteiger partial charge is 0.497 e. The van der Waals surface area contributed by atoms with Crippen LogP contribution in [0.25, 0.3) is 5.69 Å². The number of hydrogen-bond donors (Lipinski definition) is 0. The molecule has 0 aliphatic carbocycles. The zero-order valence-corrected chi connectivity index (χ0v) is 19.8. The Balaban J connectivity index is 2.00. The van der Waals surface area contributed by atoms with Crippen molar-refractivity contribution in [3.05, 3.63) is 102 Å². The van der Waals surface area contributed by atoms with Crippen molar-refractivity contribution in [2.24, 2.45) is 0 Å². The highest BCUT2D eigenvalue weighted by atomic mass is 32.2. The van der Waals surface area contributed by atoms with Gasteiger partial charge in [0.1, 0.15) is 18.0 Å². The van der Waals surface area contributed by atoms with Gasteiger partial charge < -0.3 is 14.0 Å². The molecule has 0 aliphatic rings. The van der Waals surface area contributed by atoms with Gasteiger partial charge in [0.25, 0.3) is 0 Å². The Morgan fingerprint density at radius 3 is 2.15 bits per heavy atom. The molecule has 1 heterocycles. The standard InChI is InChI=1S/C26H24N2O5S/c1-18-9-15-22(16-10-18)34(30,31)25-24(23(26(29)33-3)19-7-5-4-6-8-19)28(17-27-25)20-11-13-21(32-2)14-12-20/h4-17,23H,1-3H3. The SMILES string of the molecule is COC(=O)C(c1ccccc1)c1c(S(=O)(=O)c2ccc(C)cc2)ncn1-c1ccc(OC)cc1. The Hall–Kier alpha value is -3.91. The van der Waals surface area contributed by atoms with Crippen LogP contribution in [-0.4, -0.2) is 38.2 Å². The van der Waals surface area contributed by atoms with Crippen LogP contribution in [0.1, 0.15) is 22.7 Å². The van der Waals surface area contributed by atoms with E-state index >= 15 is 0 Å². The van der Waals surface area contributed by atoms with Gasteiger partial charge >= 0.3 is 5.97 Å². The summed E-state index contributed by atoms with van der Waals surface area (Å²) >= 11 is 0. The first-order valence-corrected chi connectivity index (χ1v) is 12.0. The van der Waals surface area contributed by atoms with E-state index in [0.717, 1.165) is 5.56 Å². The number of carbonyl (C=O) groups excluding carboxylic acids is 1. The molecule has 1 aromatic heterocycles. The summed E-state index contributed by atoms with van der Waals surface area (Å²) in [6, 6.07) is 22.5. The number of hydrogen-bond acceptors (Lipinski definition) is 6. The fraction of sp³-hybridized carbons (Fsp3) is 0.154. The van der Waals surface area contributed by atoms with Gasteiger partial charge in [-0.2, -0.15) is 0 Å². The van der Waals surface area contributed by atoms with Crippen molar-refractivity contribution in [1.29, 1.82) is 0 Å². The lowest BCUT2D eigenvalue weighted by Gasteiger charge is -2.19. The van der Waals surface area contributed by atoms with Crippen LogP contribution in [0.5, 0.6) is 5.75 Å². The number of esters is 1.